The summed E-state index contributed by atoms with van der Waals surface area (Å²) in [5.74, 6) is 1.32. The molecule has 0 radical (unpaired) electrons. The van der Waals surface area contributed by atoms with Gasteiger partial charge in [-0.2, -0.15) is 0 Å². The van der Waals surface area contributed by atoms with Gasteiger partial charge < -0.3 is 15.1 Å². The van der Waals surface area contributed by atoms with Crippen molar-refractivity contribution < 1.29 is 9.21 Å². The largest absolute Gasteiger partial charge is 0.468 e. The first-order valence-electron chi connectivity index (χ1n) is 8.84. The fourth-order valence-corrected chi connectivity index (χ4v) is 2.82. The van der Waals surface area contributed by atoms with Crippen LogP contribution in [0.5, 0.6) is 0 Å². The summed E-state index contributed by atoms with van der Waals surface area (Å²) in [5, 5.41) is 6.24. The Balaban J connectivity index is 2.11. The number of furan rings is 1. The molecule has 0 saturated carbocycles. The Morgan fingerprint density at radius 2 is 2.00 bits per heavy atom. The zero-order valence-electron chi connectivity index (χ0n) is 15.5. The Kier molecular flexibility index (Phi) is 7.01. The van der Waals surface area contributed by atoms with Gasteiger partial charge in [-0.15, -0.1) is 0 Å². The molecule has 2 aromatic rings. The maximum atomic E-state index is 12.7. The number of amides is 1. The maximum Gasteiger partial charge on any atom is 0.255 e. The fraction of sp³-hybridized carbons (Fsp3) is 0.474. The van der Waals surface area contributed by atoms with Crippen LogP contribution in [-0.2, 0) is 0 Å². The van der Waals surface area contributed by atoms with Crippen molar-refractivity contribution in [2.24, 2.45) is 0 Å². The number of anilines is 1. The number of nitrogens with one attached hydrogen (secondary N) is 2. The van der Waals surface area contributed by atoms with Gasteiger partial charge in [-0.1, -0.05) is 13.8 Å². The van der Waals surface area contributed by atoms with E-state index < -0.39 is 0 Å². The average molecular weight is 344 g/mol. The van der Waals surface area contributed by atoms with Crippen molar-refractivity contribution in [2.45, 2.75) is 39.8 Å². The van der Waals surface area contributed by atoms with Gasteiger partial charge in [0.05, 0.1) is 17.9 Å². The van der Waals surface area contributed by atoms with Gasteiger partial charge in [0.15, 0.2) is 0 Å². The quantitative estimate of drug-likeness (QED) is 0.730. The molecular weight excluding hydrogens is 316 g/mol. The number of likely N-dealkylation sites (N-methyl/N-ethyl adjacent to an activating group) is 1. The molecule has 0 spiro atoms. The van der Waals surface area contributed by atoms with Gasteiger partial charge in [-0.3, -0.25) is 9.69 Å². The number of hydrogen-bond acceptors (Lipinski definition) is 5. The molecule has 0 saturated heterocycles. The van der Waals surface area contributed by atoms with Crippen LogP contribution < -0.4 is 10.6 Å². The third kappa shape index (κ3) is 5.06. The normalized spacial score (nSPS) is 12.4. The van der Waals surface area contributed by atoms with E-state index in [-0.39, 0.29) is 18.0 Å². The lowest BCUT2D eigenvalue weighted by molar-refractivity contribution is 0.0930. The van der Waals surface area contributed by atoms with Crippen molar-refractivity contribution in [1.82, 2.24) is 15.2 Å². The minimum Gasteiger partial charge on any atom is -0.468 e. The highest BCUT2D eigenvalue weighted by Crippen LogP contribution is 2.21. The van der Waals surface area contributed by atoms with E-state index in [0.717, 1.165) is 18.8 Å². The first kappa shape index (κ1) is 19.0. The molecule has 0 aliphatic carbocycles. The Morgan fingerprint density at radius 3 is 2.60 bits per heavy atom. The molecule has 0 bridgehead atoms. The third-order valence-corrected chi connectivity index (χ3v) is 4.06. The van der Waals surface area contributed by atoms with E-state index in [9.17, 15) is 4.79 Å². The van der Waals surface area contributed by atoms with Gasteiger partial charge in [0.2, 0.25) is 0 Å². The molecule has 25 heavy (non-hydrogen) atoms. The summed E-state index contributed by atoms with van der Waals surface area (Å²) < 4.78 is 5.58. The number of pyridine rings is 1. The minimum absolute atomic E-state index is 0.00660. The van der Waals surface area contributed by atoms with Crippen molar-refractivity contribution in [2.75, 3.05) is 25.0 Å². The van der Waals surface area contributed by atoms with Gasteiger partial charge >= 0.3 is 0 Å². The van der Waals surface area contributed by atoms with E-state index >= 15 is 0 Å². The molecule has 0 aliphatic heterocycles. The number of aromatic nitrogens is 1. The molecule has 0 aromatic carbocycles. The van der Waals surface area contributed by atoms with Gasteiger partial charge in [-0.05, 0) is 51.2 Å². The molecule has 2 heterocycles. The summed E-state index contributed by atoms with van der Waals surface area (Å²) in [6, 6.07) is 7.59. The molecule has 1 unspecified atom stereocenters. The SMILES string of the molecule is CCN(CC)C(CNC(=O)c1cccnc1NC(C)C)c1ccco1. The van der Waals surface area contributed by atoms with Crippen molar-refractivity contribution in [3.8, 4) is 0 Å². The fourth-order valence-electron chi connectivity index (χ4n) is 2.82. The average Bonchev–Trinajstić information content (AvgIpc) is 3.12. The Bertz CT molecular complexity index is 651. The van der Waals surface area contributed by atoms with E-state index in [2.05, 4.69) is 34.4 Å². The third-order valence-electron chi connectivity index (χ3n) is 4.06. The minimum atomic E-state index is -0.139. The number of carbonyl (C=O) groups is 1. The van der Waals surface area contributed by atoms with Crippen LogP contribution in [0.2, 0.25) is 0 Å². The molecule has 6 heteroatoms. The van der Waals surface area contributed by atoms with Crippen LogP contribution in [-0.4, -0.2) is 41.5 Å². The lowest BCUT2D eigenvalue weighted by Crippen LogP contribution is -2.38. The van der Waals surface area contributed by atoms with Gasteiger partial charge in [0.1, 0.15) is 11.6 Å². The van der Waals surface area contributed by atoms with Crippen LogP contribution >= 0.6 is 0 Å². The number of hydrogen-bond donors (Lipinski definition) is 2. The molecule has 1 atom stereocenters. The zero-order chi connectivity index (χ0) is 18.2. The van der Waals surface area contributed by atoms with Crippen molar-refractivity contribution in [1.29, 1.82) is 0 Å². The summed E-state index contributed by atoms with van der Waals surface area (Å²) in [5.41, 5.74) is 0.550. The van der Waals surface area contributed by atoms with Crippen LogP contribution in [0.3, 0.4) is 0 Å². The van der Waals surface area contributed by atoms with E-state index in [1.165, 1.54) is 0 Å². The first-order chi connectivity index (χ1) is 12.1. The Labute approximate surface area is 149 Å². The first-order valence-corrected chi connectivity index (χ1v) is 8.84. The second-order valence-corrected chi connectivity index (χ2v) is 6.16. The van der Waals surface area contributed by atoms with Gasteiger partial charge in [0, 0.05) is 18.8 Å². The molecule has 2 rings (SSSR count). The van der Waals surface area contributed by atoms with Crippen LogP contribution in [0.15, 0.2) is 41.1 Å². The second kappa shape index (κ2) is 9.22. The van der Waals surface area contributed by atoms with Gasteiger partial charge in [-0.25, -0.2) is 4.98 Å². The summed E-state index contributed by atoms with van der Waals surface area (Å²) in [4.78, 5) is 19.2. The smallest absolute Gasteiger partial charge is 0.255 e. The predicted octanol–water partition coefficient (Wildman–Crippen LogP) is 3.31. The monoisotopic (exact) mass is 344 g/mol. The summed E-state index contributed by atoms with van der Waals surface area (Å²) in [6.45, 7) is 10.5. The zero-order valence-corrected chi connectivity index (χ0v) is 15.5. The summed E-state index contributed by atoms with van der Waals surface area (Å²) in [7, 11) is 0. The molecule has 1 amide bonds. The van der Waals surface area contributed by atoms with E-state index in [0.29, 0.717) is 17.9 Å². The predicted molar refractivity (Wildman–Crippen MR) is 99.7 cm³/mol. The Hall–Kier alpha value is -2.34. The molecule has 136 valence electrons. The van der Waals surface area contributed by atoms with Crippen LogP contribution in [0, 0.1) is 0 Å². The molecular formula is C19H28N4O2. The van der Waals surface area contributed by atoms with Crippen LogP contribution in [0.25, 0.3) is 0 Å². The topological polar surface area (TPSA) is 70.4 Å². The summed E-state index contributed by atoms with van der Waals surface area (Å²) in [6.07, 6.45) is 3.35. The highest BCUT2D eigenvalue weighted by atomic mass is 16.3. The van der Waals surface area contributed by atoms with Crippen molar-refractivity contribution in [3.63, 3.8) is 0 Å². The van der Waals surface area contributed by atoms with Crippen LogP contribution in [0.4, 0.5) is 5.82 Å². The summed E-state index contributed by atoms with van der Waals surface area (Å²) >= 11 is 0. The van der Waals surface area contributed by atoms with Crippen LogP contribution in [0.1, 0.15) is 49.9 Å². The molecule has 2 aromatic heterocycles. The van der Waals surface area contributed by atoms with Crippen molar-refractivity contribution in [3.05, 3.63) is 48.0 Å². The molecule has 0 aliphatic rings. The number of carbonyl (C=O) groups excluding carboxylic acids is 1. The van der Waals surface area contributed by atoms with E-state index in [1.54, 1.807) is 24.6 Å². The number of rotatable bonds is 9. The van der Waals surface area contributed by atoms with E-state index in [4.69, 9.17) is 4.42 Å². The van der Waals surface area contributed by atoms with Gasteiger partial charge in [0.25, 0.3) is 5.91 Å². The highest BCUT2D eigenvalue weighted by molar-refractivity contribution is 5.98. The highest BCUT2D eigenvalue weighted by Gasteiger charge is 2.22. The second-order valence-electron chi connectivity index (χ2n) is 6.16. The van der Waals surface area contributed by atoms with Crippen molar-refractivity contribution >= 4 is 11.7 Å². The lowest BCUT2D eigenvalue weighted by atomic mass is 10.1. The van der Waals surface area contributed by atoms with E-state index in [1.807, 2.05) is 26.0 Å². The Morgan fingerprint density at radius 1 is 1.24 bits per heavy atom. The molecule has 6 nitrogen and oxygen atoms in total. The maximum absolute atomic E-state index is 12.7. The standard InChI is InChI=1S/C19H28N4O2/c1-5-23(6-2)16(17-10-8-12-25-17)13-21-19(24)15-9-7-11-20-18(15)22-14(3)4/h7-12,14,16H,5-6,13H2,1-4H3,(H,20,22)(H,21,24). The molecule has 0 fully saturated rings. The number of nitrogens with zero attached hydrogens (tertiary/aromatic N) is 2. The molecule has 2 N–H and O–H groups in total. The lowest BCUT2D eigenvalue weighted by Gasteiger charge is -2.28.